The molecule has 2 unspecified atom stereocenters. The molecule has 0 aliphatic carbocycles. The van der Waals surface area contributed by atoms with E-state index in [1.165, 1.54) is 38.9 Å². The normalized spacial score (nSPS) is 33.0. The van der Waals surface area contributed by atoms with E-state index in [1.54, 1.807) is 0 Å². The average Bonchev–Trinajstić information content (AvgIpc) is 2.47. The predicted molar refractivity (Wildman–Crippen MR) is 73.2 cm³/mol. The zero-order chi connectivity index (χ0) is 11.8. The SMILES string of the molecule is CN1C2CCC1CN(CC(C)(C)CBr)CC2. The summed E-state index contributed by atoms with van der Waals surface area (Å²) < 4.78 is 0. The summed E-state index contributed by atoms with van der Waals surface area (Å²) in [4.78, 5) is 5.31. The molecule has 94 valence electrons. The first-order chi connectivity index (χ1) is 7.52. The molecule has 2 atom stereocenters. The zero-order valence-electron chi connectivity index (χ0n) is 10.9. The van der Waals surface area contributed by atoms with Crippen LogP contribution < -0.4 is 0 Å². The topological polar surface area (TPSA) is 6.48 Å². The summed E-state index contributed by atoms with van der Waals surface area (Å²) in [6.07, 6.45) is 4.20. The molecule has 2 bridgehead atoms. The molecule has 0 aromatic heterocycles. The van der Waals surface area contributed by atoms with Gasteiger partial charge in [0, 0.05) is 30.5 Å². The maximum absolute atomic E-state index is 3.63. The summed E-state index contributed by atoms with van der Waals surface area (Å²) >= 11 is 3.63. The highest BCUT2D eigenvalue weighted by atomic mass is 79.9. The molecule has 0 aromatic rings. The van der Waals surface area contributed by atoms with Crippen LogP contribution in [0.4, 0.5) is 0 Å². The number of fused-ring (bicyclic) bond motifs is 2. The van der Waals surface area contributed by atoms with Crippen molar-refractivity contribution in [1.82, 2.24) is 9.80 Å². The Balaban J connectivity index is 1.94. The lowest BCUT2D eigenvalue weighted by atomic mass is 9.95. The average molecular weight is 289 g/mol. The molecule has 0 aromatic carbocycles. The van der Waals surface area contributed by atoms with E-state index in [0.717, 1.165) is 17.4 Å². The van der Waals surface area contributed by atoms with Gasteiger partial charge in [0.15, 0.2) is 0 Å². The quantitative estimate of drug-likeness (QED) is 0.737. The molecule has 0 spiro atoms. The third-order valence-corrected chi connectivity index (χ3v) is 5.76. The van der Waals surface area contributed by atoms with Crippen LogP contribution in [0.3, 0.4) is 0 Å². The number of hydrogen-bond acceptors (Lipinski definition) is 2. The van der Waals surface area contributed by atoms with Crippen molar-refractivity contribution >= 4 is 15.9 Å². The number of rotatable bonds is 3. The van der Waals surface area contributed by atoms with Crippen LogP contribution in [0, 0.1) is 5.41 Å². The second kappa shape index (κ2) is 4.95. The molecule has 2 aliphatic heterocycles. The number of halogens is 1. The Hall–Kier alpha value is 0.400. The molecule has 0 radical (unpaired) electrons. The maximum Gasteiger partial charge on any atom is 0.0223 e. The standard InChI is InChI=1S/C13H25BrN2/c1-13(2,9-14)10-16-7-6-11-4-5-12(8-16)15(11)3/h11-12H,4-10H2,1-3H3. The molecule has 16 heavy (non-hydrogen) atoms. The van der Waals surface area contributed by atoms with Gasteiger partial charge in [-0.3, -0.25) is 4.90 Å². The Labute approximate surface area is 108 Å². The molecule has 0 amide bonds. The number of likely N-dealkylation sites (N-methyl/N-ethyl adjacent to an activating group) is 1. The number of likely N-dealkylation sites (tertiary alicyclic amines) is 1. The Kier molecular flexibility index (Phi) is 3.97. The highest BCUT2D eigenvalue weighted by molar-refractivity contribution is 9.09. The predicted octanol–water partition coefficient (Wildman–Crippen LogP) is 2.58. The van der Waals surface area contributed by atoms with E-state index in [1.807, 2.05) is 0 Å². The number of alkyl halides is 1. The molecule has 0 N–H and O–H groups in total. The van der Waals surface area contributed by atoms with Crippen molar-refractivity contribution in [2.24, 2.45) is 5.41 Å². The highest BCUT2D eigenvalue weighted by Crippen LogP contribution is 2.30. The third-order valence-electron chi connectivity index (χ3n) is 4.25. The van der Waals surface area contributed by atoms with E-state index in [9.17, 15) is 0 Å². The monoisotopic (exact) mass is 288 g/mol. The molecule has 2 fully saturated rings. The molecular weight excluding hydrogens is 264 g/mol. The van der Waals surface area contributed by atoms with Crippen LogP contribution in [0.15, 0.2) is 0 Å². The molecule has 3 heteroatoms. The number of hydrogen-bond donors (Lipinski definition) is 0. The minimum Gasteiger partial charge on any atom is -0.301 e. The van der Waals surface area contributed by atoms with E-state index < -0.39 is 0 Å². The Morgan fingerprint density at radius 1 is 1.19 bits per heavy atom. The summed E-state index contributed by atoms with van der Waals surface area (Å²) in [5.41, 5.74) is 0.405. The van der Waals surface area contributed by atoms with Crippen molar-refractivity contribution in [1.29, 1.82) is 0 Å². The van der Waals surface area contributed by atoms with E-state index in [2.05, 4.69) is 46.6 Å². The fraction of sp³-hybridized carbons (Fsp3) is 1.00. The highest BCUT2D eigenvalue weighted by Gasteiger charge is 2.35. The fourth-order valence-corrected chi connectivity index (χ4v) is 3.35. The first kappa shape index (κ1) is 12.8. The van der Waals surface area contributed by atoms with Crippen molar-refractivity contribution in [2.75, 3.05) is 32.0 Å². The van der Waals surface area contributed by atoms with Crippen LogP contribution in [0.1, 0.15) is 33.1 Å². The van der Waals surface area contributed by atoms with E-state index in [-0.39, 0.29) is 0 Å². The number of nitrogens with zero attached hydrogens (tertiary/aromatic N) is 2. The molecule has 2 saturated heterocycles. The van der Waals surface area contributed by atoms with Crippen molar-refractivity contribution < 1.29 is 0 Å². The van der Waals surface area contributed by atoms with Gasteiger partial charge in [-0.15, -0.1) is 0 Å². The summed E-state index contributed by atoms with van der Waals surface area (Å²) in [6, 6.07) is 1.68. The molecule has 2 heterocycles. The van der Waals surface area contributed by atoms with Crippen LogP contribution in [0.5, 0.6) is 0 Å². The van der Waals surface area contributed by atoms with Gasteiger partial charge in [0.05, 0.1) is 0 Å². The van der Waals surface area contributed by atoms with Gasteiger partial charge >= 0.3 is 0 Å². The van der Waals surface area contributed by atoms with Gasteiger partial charge in [-0.25, -0.2) is 0 Å². The van der Waals surface area contributed by atoms with Gasteiger partial charge in [0.2, 0.25) is 0 Å². The van der Waals surface area contributed by atoms with Gasteiger partial charge in [0.25, 0.3) is 0 Å². The van der Waals surface area contributed by atoms with Gasteiger partial charge in [-0.2, -0.15) is 0 Å². The third kappa shape index (κ3) is 2.80. The molecule has 2 aliphatic rings. The van der Waals surface area contributed by atoms with Crippen LogP contribution in [-0.4, -0.2) is 53.9 Å². The lowest BCUT2D eigenvalue weighted by Crippen LogP contribution is -2.41. The molecule has 2 rings (SSSR count). The Morgan fingerprint density at radius 2 is 1.88 bits per heavy atom. The smallest absolute Gasteiger partial charge is 0.0223 e. The van der Waals surface area contributed by atoms with Gasteiger partial charge in [-0.05, 0) is 38.3 Å². The van der Waals surface area contributed by atoms with Crippen LogP contribution in [0.25, 0.3) is 0 Å². The minimum absolute atomic E-state index is 0.405. The Morgan fingerprint density at radius 3 is 2.56 bits per heavy atom. The zero-order valence-corrected chi connectivity index (χ0v) is 12.5. The summed E-state index contributed by atoms with van der Waals surface area (Å²) in [5.74, 6) is 0. The van der Waals surface area contributed by atoms with Crippen LogP contribution in [0.2, 0.25) is 0 Å². The van der Waals surface area contributed by atoms with E-state index in [4.69, 9.17) is 0 Å². The molecule has 2 nitrogen and oxygen atoms in total. The molecular formula is C13H25BrN2. The first-order valence-corrected chi connectivity index (χ1v) is 7.64. The largest absolute Gasteiger partial charge is 0.301 e. The Bertz CT molecular complexity index is 242. The van der Waals surface area contributed by atoms with E-state index >= 15 is 0 Å². The minimum atomic E-state index is 0.405. The van der Waals surface area contributed by atoms with E-state index in [0.29, 0.717) is 5.41 Å². The van der Waals surface area contributed by atoms with Crippen molar-refractivity contribution in [3.8, 4) is 0 Å². The second-order valence-electron chi connectivity index (χ2n) is 6.37. The van der Waals surface area contributed by atoms with Gasteiger partial charge in [-0.1, -0.05) is 29.8 Å². The van der Waals surface area contributed by atoms with Gasteiger partial charge < -0.3 is 4.90 Å². The van der Waals surface area contributed by atoms with Crippen molar-refractivity contribution in [3.63, 3.8) is 0 Å². The lowest BCUT2D eigenvalue weighted by Gasteiger charge is -2.32. The summed E-state index contributed by atoms with van der Waals surface area (Å²) in [5, 5.41) is 1.10. The lowest BCUT2D eigenvalue weighted by molar-refractivity contribution is 0.174. The second-order valence-corrected chi connectivity index (χ2v) is 6.93. The summed E-state index contributed by atoms with van der Waals surface area (Å²) in [6.45, 7) is 8.52. The maximum atomic E-state index is 3.63. The van der Waals surface area contributed by atoms with Crippen LogP contribution >= 0.6 is 15.9 Å². The van der Waals surface area contributed by atoms with Crippen molar-refractivity contribution in [3.05, 3.63) is 0 Å². The van der Waals surface area contributed by atoms with Crippen LogP contribution in [-0.2, 0) is 0 Å². The summed E-state index contributed by atoms with van der Waals surface area (Å²) in [7, 11) is 2.32. The van der Waals surface area contributed by atoms with Gasteiger partial charge in [0.1, 0.15) is 0 Å². The fourth-order valence-electron chi connectivity index (χ4n) is 3.17. The van der Waals surface area contributed by atoms with Crippen molar-refractivity contribution in [2.45, 2.75) is 45.2 Å². The first-order valence-electron chi connectivity index (χ1n) is 6.52. The molecule has 0 saturated carbocycles.